The van der Waals surface area contributed by atoms with Crippen molar-refractivity contribution in [1.29, 1.82) is 0 Å². The van der Waals surface area contributed by atoms with Crippen molar-refractivity contribution in [2.45, 2.75) is 200 Å². The predicted molar refractivity (Wildman–Crippen MR) is 378 cm³/mol. The molecule has 8 rings (SSSR count). The van der Waals surface area contributed by atoms with E-state index in [0.29, 0.717) is 121 Å². The molecule has 5 fully saturated rings. The highest BCUT2D eigenvalue weighted by molar-refractivity contribution is 6.39. The Bertz CT molecular complexity index is 3190. The Labute approximate surface area is 596 Å². The van der Waals surface area contributed by atoms with E-state index in [0.717, 1.165) is 49.8 Å². The highest BCUT2D eigenvalue weighted by atomic mass is 16.6. The second kappa shape index (κ2) is 38.6. The maximum atomic E-state index is 14.8. The van der Waals surface area contributed by atoms with Gasteiger partial charge in [0.05, 0.1) is 37.9 Å². The number of carbonyl (C=O) groups excluding carboxylic acids is 7. The third kappa shape index (κ3) is 22.3. The number of fused-ring (bicyclic) bond motifs is 3. The summed E-state index contributed by atoms with van der Waals surface area (Å²) in [6, 6.07) is -1.21. The van der Waals surface area contributed by atoms with E-state index in [1.54, 1.807) is 60.4 Å². The number of hydrogen-bond donors (Lipinski definition) is 3. The first-order valence-corrected chi connectivity index (χ1v) is 36.5. The minimum Gasteiger partial charge on any atom is -0.460 e. The number of piperidine rings is 1. The number of carbonyl (C=O) groups is 7. The van der Waals surface area contributed by atoms with Gasteiger partial charge in [-0.05, 0) is 119 Å². The Balaban J connectivity index is 0.850. The van der Waals surface area contributed by atoms with Crippen LogP contribution in [0.15, 0.2) is 72.4 Å². The van der Waals surface area contributed by atoms with Crippen LogP contribution in [-0.4, -0.2) is 241 Å². The van der Waals surface area contributed by atoms with E-state index >= 15 is 0 Å². The minimum absolute atomic E-state index is 0.0147. The Kier molecular flexibility index (Phi) is 30.5. The first-order chi connectivity index (χ1) is 48.4. The summed E-state index contributed by atoms with van der Waals surface area (Å²) < 4.78 is 42.0. The Morgan fingerprint density at radius 1 is 0.743 bits per heavy atom. The van der Waals surface area contributed by atoms with Crippen LogP contribution in [0.1, 0.15) is 143 Å². The maximum Gasteiger partial charge on any atom is 0.407 e. The monoisotopic (exact) mass is 1410 g/mol. The number of Topliss-reactive ketones (excluding diaryl/α,β-unsaturated/α-hetero) is 3. The average Bonchev–Trinajstić information content (AvgIpc) is 0.773. The first kappa shape index (κ1) is 79.8. The molecular weight excluding hydrogens is 1300 g/mol. The van der Waals surface area contributed by atoms with Crippen molar-refractivity contribution in [2.75, 3.05) is 110 Å². The third-order valence-corrected chi connectivity index (χ3v) is 21.2. The van der Waals surface area contributed by atoms with Gasteiger partial charge in [0.15, 0.2) is 5.78 Å². The van der Waals surface area contributed by atoms with Gasteiger partial charge < -0.3 is 68.3 Å². The number of ether oxygens (including phenoxy) is 7. The largest absolute Gasteiger partial charge is 0.460 e. The van der Waals surface area contributed by atoms with E-state index in [2.05, 4.69) is 35.1 Å². The SMILES string of the molecule is CO[C@H]1C[C@@H]2CC[C@@H](C)[C@@](O)(O2)C(=O)C(=O)N2CCCC[C@H]2C(=O)OC([C@H](C)C[C@@H]2CC[C@@H](OC(=O)NCc3cnc(N4CCN(C(=O)CCOCCN5CCN(c6ncc(C)cn6)CC5)CC4)nc3)[C@H](OC)C2)CC(=O)[C@H](C)/C=C(\C)[C@@H](O)[C@@H](OC)C(=O)[C@H](C)C[C@H](C)/C=C/C=C/C=C/1C. The summed E-state index contributed by atoms with van der Waals surface area (Å²) in [7, 11) is 4.50. The molecule has 3 N–H and O–H groups in total. The predicted octanol–water partition coefficient (Wildman–Crippen LogP) is 6.88. The second-order valence-electron chi connectivity index (χ2n) is 28.8. The van der Waals surface area contributed by atoms with E-state index < -0.39 is 102 Å². The number of nitrogens with zero attached hydrogens (tertiary/aromatic N) is 9. The van der Waals surface area contributed by atoms with Crippen LogP contribution in [0.3, 0.4) is 0 Å². The fraction of sp³-hybridized carbons (Fsp3) is 0.693. The van der Waals surface area contributed by atoms with Gasteiger partial charge in [0.25, 0.3) is 11.7 Å². The molecule has 2 bridgehead atoms. The molecule has 3 amide bonds. The van der Waals surface area contributed by atoms with E-state index in [9.17, 15) is 43.8 Å². The molecular formula is C75H112N10O16. The van der Waals surface area contributed by atoms with Crippen LogP contribution < -0.4 is 15.1 Å². The third-order valence-electron chi connectivity index (χ3n) is 21.2. The molecule has 0 radical (unpaired) electrons. The van der Waals surface area contributed by atoms with Crippen LogP contribution in [0.4, 0.5) is 16.7 Å². The lowest BCUT2D eigenvalue weighted by Crippen LogP contribution is -2.61. The number of alkyl carbamates (subject to hydrolysis) is 1. The van der Waals surface area contributed by atoms with Crippen molar-refractivity contribution in [3.05, 3.63) is 83.5 Å². The summed E-state index contributed by atoms with van der Waals surface area (Å²) in [6.07, 6.45) is 16.6. The molecule has 6 aliphatic rings. The summed E-state index contributed by atoms with van der Waals surface area (Å²) >= 11 is 0. The molecule has 1 unspecified atom stereocenters. The summed E-state index contributed by atoms with van der Waals surface area (Å²) in [5.74, 6) is -7.30. The lowest BCUT2D eigenvalue weighted by atomic mass is 9.78. The summed E-state index contributed by atoms with van der Waals surface area (Å²) in [6.45, 7) is 22.1. The molecule has 1 aliphatic carbocycles. The Morgan fingerprint density at radius 2 is 1.43 bits per heavy atom. The number of hydrogen-bond acceptors (Lipinski definition) is 23. The van der Waals surface area contributed by atoms with Gasteiger partial charge in [-0.15, -0.1) is 0 Å². The van der Waals surface area contributed by atoms with Gasteiger partial charge in [-0.3, -0.25) is 28.9 Å². The number of aromatic nitrogens is 4. The molecule has 2 aromatic rings. The van der Waals surface area contributed by atoms with E-state index in [1.807, 2.05) is 80.3 Å². The molecule has 0 aromatic carbocycles. The van der Waals surface area contributed by atoms with Crippen molar-refractivity contribution in [3.8, 4) is 0 Å². The van der Waals surface area contributed by atoms with Gasteiger partial charge in [0, 0.05) is 154 Å². The van der Waals surface area contributed by atoms with Crippen molar-refractivity contribution < 1.29 is 76.9 Å². The molecule has 7 heterocycles. The zero-order valence-electron chi connectivity index (χ0n) is 61.4. The molecule has 0 spiro atoms. The zero-order valence-corrected chi connectivity index (χ0v) is 61.4. The number of esters is 1. The smallest absolute Gasteiger partial charge is 0.407 e. The van der Waals surface area contributed by atoms with Gasteiger partial charge in [-0.2, -0.15) is 0 Å². The zero-order chi connectivity index (χ0) is 72.9. The average molecular weight is 1410 g/mol. The number of amides is 3. The number of aliphatic hydroxyl groups is 2. The standard InChI is InChI=1S/C75H112N10O16/c1-48-17-13-12-14-18-50(3)62(95-9)41-58-22-20-55(8)75(94,101-58)69(90)70(91)85-25-16-15-19-59(85)71(92)99-63(42-60(86)51(4)38-54(7)67(89)68(97-11)66(88)53(6)37-48)52(5)39-56-21-23-61(64(40-56)96-10)100-74(93)80-47-57-45-78-73(79-46-57)84-32-30-82(31-33-84)65(87)24-35-98-36-34-81-26-28-83(29-27-81)72-76-43-49(2)44-77-72/h12-14,17-18,38,43-46,48,51-53,55-56,58-59,61-64,67-68,89,94H,15-16,19-37,39-42,47H2,1-11H3,(H,80,93)/b14-12+,17-13+,50-18+,54-38+/t48-,51-,52-,53-,55-,56+,58+,59+,61-,62+,63?,64-,67-,68+,75-/m1/s1. The molecule has 5 aliphatic heterocycles. The highest BCUT2D eigenvalue weighted by Crippen LogP contribution is 2.38. The molecule has 26 heteroatoms. The number of aliphatic hydroxyl groups excluding tert-OH is 1. The number of cyclic esters (lactones) is 1. The van der Waals surface area contributed by atoms with Gasteiger partial charge in [0.2, 0.25) is 23.6 Å². The van der Waals surface area contributed by atoms with Crippen LogP contribution in [0.2, 0.25) is 0 Å². The second-order valence-corrected chi connectivity index (χ2v) is 28.8. The molecule has 558 valence electrons. The normalized spacial score (nSPS) is 32.1. The molecule has 2 aromatic heterocycles. The lowest BCUT2D eigenvalue weighted by Gasteiger charge is -2.42. The maximum absolute atomic E-state index is 14.8. The number of allylic oxidation sites excluding steroid dienone is 6. The summed E-state index contributed by atoms with van der Waals surface area (Å²) in [4.78, 5) is 126. The number of nitrogens with one attached hydrogen (secondary N) is 1. The van der Waals surface area contributed by atoms with Crippen LogP contribution in [0.25, 0.3) is 0 Å². The fourth-order valence-corrected chi connectivity index (χ4v) is 14.7. The lowest BCUT2D eigenvalue weighted by molar-refractivity contribution is -0.265. The topological polar surface area (TPSA) is 304 Å². The summed E-state index contributed by atoms with van der Waals surface area (Å²) in [5, 5.41) is 26.6. The van der Waals surface area contributed by atoms with Crippen molar-refractivity contribution in [3.63, 3.8) is 0 Å². The molecule has 4 saturated heterocycles. The Hall–Kier alpha value is -6.91. The Morgan fingerprint density at radius 3 is 2.10 bits per heavy atom. The molecule has 26 nitrogen and oxygen atoms in total. The van der Waals surface area contributed by atoms with Crippen LogP contribution in [0.5, 0.6) is 0 Å². The van der Waals surface area contributed by atoms with Crippen LogP contribution in [0, 0.1) is 42.4 Å². The van der Waals surface area contributed by atoms with E-state index in [-0.39, 0.29) is 61.7 Å². The fourth-order valence-electron chi connectivity index (χ4n) is 14.7. The number of piperazine rings is 2. The molecule has 15 atom stereocenters. The van der Waals surface area contributed by atoms with Gasteiger partial charge in [-0.1, -0.05) is 71.1 Å². The van der Waals surface area contributed by atoms with Crippen LogP contribution in [-0.2, 0) is 68.5 Å². The van der Waals surface area contributed by atoms with E-state index in [4.69, 9.17) is 33.2 Å². The van der Waals surface area contributed by atoms with Gasteiger partial charge >= 0.3 is 12.1 Å². The van der Waals surface area contributed by atoms with Crippen molar-refractivity contribution in [1.82, 2.24) is 40.0 Å². The van der Waals surface area contributed by atoms with Gasteiger partial charge in [0.1, 0.15) is 36.2 Å². The quantitative estimate of drug-likeness (QED) is 0.0629. The van der Waals surface area contributed by atoms with E-state index in [1.165, 1.54) is 12.0 Å². The van der Waals surface area contributed by atoms with Crippen molar-refractivity contribution >= 4 is 53.1 Å². The van der Waals surface area contributed by atoms with Crippen molar-refractivity contribution in [2.24, 2.45) is 35.5 Å². The number of ketones is 3. The molecule has 1 saturated carbocycles. The minimum atomic E-state index is -2.48. The first-order valence-electron chi connectivity index (χ1n) is 36.5. The summed E-state index contributed by atoms with van der Waals surface area (Å²) in [5.41, 5.74) is 2.91. The van der Waals surface area contributed by atoms with Crippen LogP contribution >= 0.6 is 0 Å². The van der Waals surface area contributed by atoms with Gasteiger partial charge in [-0.25, -0.2) is 29.5 Å². The molecule has 101 heavy (non-hydrogen) atoms. The number of aryl methyl sites for hydroxylation is 1. The number of anilines is 2. The number of methoxy groups -OCH3 is 3. The number of rotatable bonds is 17. The highest BCUT2D eigenvalue weighted by Gasteiger charge is 2.53.